The number of rotatable bonds is 6. The summed E-state index contributed by atoms with van der Waals surface area (Å²) in [6, 6.07) is 3.66. The summed E-state index contributed by atoms with van der Waals surface area (Å²) >= 11 is 0. The molecular weight excluding hydrogens is 264 g/mol. The van der Waals surface area contributed by atoms with Crippen molar-refractivity contribution < 1.29 is 9.53 Å². The lowest BCUT2D eigenvalue weighted by Crippen LogP contribution is -2.14. The van der Waals surface area contributed by atoms with Crippen LogP contribution in [0.3, 0.4) is 0 Å². The largest absolute Gasteiger partial charge is 0.462 e. The van der Waals surface area contributed by atoms with Crippen molar-refractivity contribution in [1.29, 1.82) is 0 Å². The zero-order chi connectivity index (χ0) is 16.0. The molecule has 0 unspecified atom stereocenters. The summed E-state index contributed by atoms with van der Waals surface area (Å²) < 4.78 is 5.30. The van der Waals surface area contributed by atoms with Gasteiger partial charge in [-0.3, -0.25) is 0 Å². The van der Waals surface area contributed by atoms with Gasteiger partial charge in [-0.1, -0.05) is 13.8 Å². The molecule has 0 amide bonds. The fourth-order valence-corrected chi connectivity index (χ4v) is 1.73. The van der Waals surface area contributed by atoms with Crippen molar-refractivity contribution in [2.75, 3.05) is 20.2 Å². The summed E-state index contributed by atoms with van der Waals surface area (Å²) in [7, 11) is 1.98. The number of benzene rings is 1. The Morgan fingerprint density at radius 1 is 1.33 bits per heavy atom. The van der Waals surface area contributed by atoms with Crippen LogP contribution in [-0.2, 0) is 4.74 Å². The van der Waals surface area contributed by atoms with Crippen LogP contribution in [0.5, 0.6) is 0 Å². The molecule has 0 aliphatic heterocycles. The molecule has 4 nitrogen and oxygen atoms in total. The number of carbonyl (C=O) groups is 1. The molecule has 4 heteroatoms. The number of nitrogens with zero attached hydrogens (tertiary/aromatic N) is 2. The highest BCUT2D eigenvalue weighted by Crippen LogP contribution is 2.25. The van der Waals surface area contributed by atoms with E-state index in [0.717, 1.165) is 23.4 Å². The maximum Gasteiger partial charge on any atom is 0.338 e. The van der Waals surface area contributed by atoms with Crippen LogP contribution in [-0.4, -0.2) is 37.4 Å². The molecule has 21 heavy (non-hydrogen) atoms. The van der Waals surface area contributed by atoms with Gasteiger partial charge in [-0.25, -0.2) is 9.79 Å². The van der Waals surface area contributed by atoms with Gasteiger partial charge in [0.25, 0.3) is 0 Å². The Balaban J connectivity index is 2.94. The van der Waals surface area contributed by atoms with Crippen LogP contribution in [0, 0.1) is 19.8 Å². The van der Waals surface area contributed by atoms with Gasteiger partial charge in [-0.15, -0.1) is 0 Å². The van der Waals surface area contributed by atoms with Gasteiger partial charge in [0.15, 0.2) is 0 Å². The minimum Gasteiger partial charge on any atom is -0.462 e. The molecular formula is C17H26N2O2. The van der Waals surface area contributed by atoms with Crippen molar-refractivity contribution in [2.24, 2.45) is 10.9 Å². The maximum atomic E-state index is 12.1. The van der Waals surface area contributed by atoms with E-state index < -0.39 is 0 Å². The van der Waals surface area contributed by atoms with Crippen LogP contribution in [0.25, 0.3) is 0 Å². The minimum atomic E-state index is -0.259. The van der Waals surface area contributed by atoms with Crippen molar-refractivity contribution in [3.63, 3.8) is 0 Å². The Morgan fingerprint density at radius 3 is 2.57 bits per heavy atom. The fourth-order valence-electron chi connectivity index (χ4n) is 1.73. The third-order valence-electron chi connectivity index (χ3n) is 3.42. The monoisotopic (exact) mass is 290 g/mol. The Hall–Kier alpha value is -1.84. The average Bonchev–Trinajstić information content (AvgIpc) is 2.45. The first-order valence-corrected chi connectivity index (χ1v) is 7.38. The topological polar surface area (TPSA) is 41.9 Å². The SMILES string of the molecule is CCN(C)/C=N/c1ccc(C(=O)OCC(C)C)c(C)c1C. The molecule has 1 aromatic rings. The Kier molecular flexibility index (Phi) is 6.40. The molecule has 0 saturated carbocycles. The molecule has 1 aromatic carbocycles. The van der Waals surface area contributed by atoms with E-state index >= 15 is 0 Å². The lowest BCUT2D eigenvalue weighted by Gasteiger charge is -2.13. The van der Waals surface area contributed by atoms with Gasteiger partial charge in [0, 0.05) is 13.6 Å². The Bertz CT molecular complexity index is 522. The van der Waals surface area contributed by atoms with Crippen LogP contribution in [0.4, 0.5) is 5.69 Å². The number of carbonyl (C=O) groups excluding carboxylic acids is 1. The van der Waals surface area contributed by atoms with Crippen molar-refractivity contribution in [2.45, 2.75) is 34.6 Å². The van der Waals surface area contributed by atoms with Crippen molar-refractivity contribution in [1.82, 2.24) is 4.90 Å². The highest BCUT2D eigenvalue weighted by Gasteiger charge is 2.14. The molecule has 0 N–H and O–H groups in total. The van der Waals surface area contributed by atoms with Gasteiger partial charge in [0.1, 0.15) is 0 Å². The second-order valence-corrected chi connectivity index (χ2v) is 5.69. The molecule has 0 aliphatic carbocycles. The summed E-state index contributed by atoms with van der Waals surface area (Å²) in [6.07, 6.45) is 1.80. The van der Waals surface area contributed by atoms with Crippen LogP contribution in [0.15, 0.2) is 17.1 Å². The Labute approximate surface area is 127 Å². The van der Waals surface area contributed by atoms with Gasteiger partial charge in [0.05, 0.1) is 24.2 Å². The molecule has 1 rings (SSSR count). The highest BCUT2D eigenvalue weighted by molar-refractivity contribution is 5.92. The molecule has 0 aliphatic rings. The number of aliphatic imine (C=N–C) groups is 1. The summed E-state index contributed by atoms with van der Waals surface area (Å²) in [5, 5.41) is 0. The van der Waals surface area contributed by atoms with Gasteiger partial charge >= 0.3 is 5.97 Å². The van der Waals surface area contributed by atoms with E-state index in [1.807, 2.05) is 45.7 Å². The van der Waals surface area contributed by atoms with Crippen molar-refractivity contribution in [3.8, 4) is 0 Å². The molecule has 0 aromatic heterocycles. The van der Waals surface area contributed by atoms with E-state index in [0.29, 0.717) is 18.1 Å². The average molecular weight is 290 g/mol. The second-order valence-electron chi connectivity index (χ2n) is 5.69. The standard InChI is InChI=1S/C17H26N2O2/c1-7-19(6)11-18-16-9-8-15(13(4)14(16)5)17(20)21-10-12(2)3/h8-9,11-12H,7,10H2,1-6H3/b18-11+. The van der Waals surface area contributed by atoms with E-state index in [1.54, 1.807) is 12.4 Å². The quantitative estimate of drug-likeness (QED) is 0.455. The number of hydrogen-bond donors (Lipinski definition) is 0. The van der Waals surface area contributed by atoms with Crippen LogP contribution >= 0.6 is 0 Å². The van der Waals surface area contributed by atoms with Gasteiger partial charge in [-0.05, 0) is 49.9 Å². The van der Waals surface area contributed by atoms with E-state index in [2.05, 4.69) is 11.9 Å². The number of hydrogen-bond acceptors (Lipinski definition) is 3. The summed E-state index contributed by atoms with van der Waals surface area (Å²) in [5.74, 6) is 0.0781. The number of esters is 1. The zero-order valence-corrected chi connectivity index (χ0v) is 13.9. The van der Waals surface area contributed by atoms with Gasteiger partial charge in [-0.2, -0.15) is 0 Å². The highest BCUT2D eigenvalue weighted by atomic mass is 16.5. The summed E-state index contributed by atoms with van der Waals surface area (Å²) in [5.41, 5.74) is 3.44. The lowest BCUT2D eigenvalue weighted by molar-refractivity contribution is 0.0458. The molecule has 0 radical (unpaired) electrons. The predicted octanol–water partition coefficient (Wildman–Crippen LogP) is 3.73. The molecule has 0 bridgehead atoms. The van der Waals surface area contributed by atoms with E-state index in [9.17, 15) is 4.79 Å². The lowest BCUT2D eigenvalue weighted by atomic mass is 10.0. The van der Waals surface area contributed by atoms with Crippen LogP contribution in [0.1, 0.15) is 42.3 Å². The maximum absolute atomic E-state index is 12.1. The fraction of sp³-hybridized carbons (Fsp3) is 0.529. The third kappa shape index (κ3) is 4.88. The first kappa shape index (κ1) is 17.2. The first-order chi connectivity index (χ1) is 9.86. The molecule has 0 heterocycles. The predicted molar refractivity (Wildman–Crippen MR) is 87.5 cm³/mol. The second kappa shape index (κ2) is 7.81. The van der Waals surface area contributed by atoms with Crippen LogP contribution < -0.4 is 0 Å². The Morgan fingerprint density at radius 2 is 2.00 bits per heavy atom. The van der Waals surface area contributed by atoms with Crippen molar-refractivity contribution >= 4 is 18.0 Å². The van der Waals surface area contributed by atoms with Crippen molar-refractivity contribution in [3.05, 3.63) is 28.8 Å². The molecule has 116 valence electrons. The first-order valence-electron chi connectivity index (χ1n) is 7.38. The smallest absolute Gasteiger partial charge is 0.338 e. The normalized spacial score (nSPS) is 11.2. The van der Waals surface area contributed by atoms with E-state index in [4.69, 9.17) is 4.74 Å². The van der Waals surface area contributed by atoms with Crippen LogP contribution in [0.2, 0.25) is 0 Å². The minimum absolute atomic E-state index is 0.259. The third-order valence-corrected chi connectivity index (χ3v) is 3.42. The molecule has 0 fully saturated rings. The number of ether oxygens (including phenoxy) is 1. The summed E-state index contributed by atoms with van der Waals surface area (Å²) in [4.78, 5) is 18.5. The summed E-state index contributed by atoms with van der Waals surface area (Å²) in [6.45, 7) is 11.4. The zero-order valence-electron chi connectivity index (χ0n) is 13.9. The molecule has 0 atom stereocenters. The molecule has 0 spiro atoms. The van der Waals surface area contributed by atoms with Gasteiger partial charge < -0.3 is 9.64 Å². The van der Waals surface area contributed by atoms with E-state index in [1.165, 1.54) is 0 Å². The van der Waals surface area contributed by atoms with E-state index in [-0.39, 0.29) is 5.97 Å². The van der Waals surface area contributed by atoms with Gasteiger partial charge in [0.2, 0.25) is 0 Å². The molecule has 0 saturated heterocycles.